The highest BCUT2D eigenvalue weighted by atomic mass is 79.9. The third-order valence-corrected chi connectivity index (χ3v) is 8.25. The molecule has 8 nitrogen and oxygen atoms in total. The summed E-state index contributed by atoms with van der Waals surface area (Å²) in [6, 6.07) is 6.82. The Morgan fingerprint density at radius 2 is 2.20 bits per heavy atom. The number of nitrogens with zero attached hydrogens (tertiary/aromatic N) is 3. The van der Waals surface area contributed by atoms with Crippen molar-refractivity contribution in [3.63, 3.8) is 0 Å². The molecule has 1 aliphatic rings. The van der Waals surface area contributed by atoms with Crippen molar-refractivity contribution in [1.82, 2.24) is 15.0 Å². The highest BCUT2D eigenvalue weighted by molar-refractivity contribution is 9.10. The van der Waals surface area contributed by atoms with Crippen LogP contribution in [0.4, 0.5) is 10.7 Å². The number of H-pyrrole nitrogens is 1. The Hall–Kier alpha value is -3.02. The summed E-state index contributed by atoms with van der Waals surface area (Å²) in [4.78, 5) is 41.9. The Morgan fingerprint density at radius 1 is 1.34 bits per heavy atom. The van der Waals surface area contributed by atoms with E-state index >= 15 is 0 Å². The van der Waals surface area contributed by atoms with Crippen LogP contribution in [-0.2, 0) is 12.8 Å². The van der Waals surface area contributed by atoms with Crippen LogP contribution in [0.2, 0.25) is 0 Å². The van der Waals surface area contributed by atoms with Gasteiger partial charge in [-0.2, -0.15) is 0 Å². The molecule has 0 saturated heterocycles. The maximum atomic E-state index is 13.2. The summed E-state index contributed by atoms with van der Waals surface area (Å²) in [6.07, 6.45) is 8.89. The predicted molar refractivity (Wildman–Crippen MR) is 141 cm³/mol. The highest BCUT2D eigenvalue weighted by Crippen LogP contribution is 2.40. The predicted octanol–water partition coefficient (Wildman–Crippen LogP) is 5.92. The van der Waals surface area contributed by atoms with Crippen LogP contribution < -0.4 is 10.9 Å². The fourth-order valence-electron chi connectivity index (χ4n) is 3.82. The second-order valence-electron chi connectivity index (χ2n) is 7.92. The molecule has 0 radical (unpaired) electrons. The average molecular weight is 570 g/mol. The van der Waals surface area contributed by atoms with E-state index in [9.17, 15) is 9.59 Å². The molecule has 0 aromatic carbocycles. The van der Waals surface area contributed by atoms with Crippen LogP contribution in [0.3, 0.4) is 0 Å². The second-order valence-corrected chi connectivity index (χ2v) is 10.8. The van der Waals surface area contributed by atoms with E-state index in [1.54, 1.807) is 49.0 Å². The molecule has 1 amide bonds. The first-order valence-corrected chi connectivity index (χ1v) is 13.3. The number of anilines is 1. The molecule has 0 aliphatic heterocycles. The average Bonchev–Trinajstić information content (AvgIpc) is 3.37. The van der Waals surface area contributed by atoms with Gasteiger partial charge < -0.3 is 14.7 Å². The van der Waals surface area contributed by atoms with E-state index in [-0.39, 0.29) is 11.5 Å². The normalized spacial score (nSPS) is 13.2. The summed E-state index contributed by atoms with van der Waals surface area (Å²) >= 11 is 6.26. The maximum absolute atomic E-state index is 13.2. The number of carbonyl (C=O) groups is 1. The molecule has 0 bridgehead atoms. The van der Waals surface area contributed by atoms with Crippen LogP contribution in [0.15, 0.2) is 65.6 Å². The first-order valence-electron chi connectivity index (χ1n) is 10.9. The first-order chi connectivity index (χ1) is 17.0. The molecule has 4 aromatic rings. The Morgan fingerprint density at radius 3 is 3.00 bits per heavy atom. The van der Waals surface area contributed by atoms with Crippen LogP contribution >= 0.6 is 39.0 Å². The zero-order chi connectivity index (χ0) is 24.4. The quantitative estimate of drug-likeness (QED) is 0.220. The SMILES string of the molecule is Cc1cc(=O)[nH]c(Sc2oc(C=Nc3sc4c(c3C(=O)Nc3cccnc3)CCCC4)cc2Br)n1. The number of rotatable bonds is 6. The molecular weight excluding hydrogens is 550 g/mol. The number of pyridine rings is 1. The van der Waals surface area contributed by atoms with Gasteiger partial charge in [0.2, 0.25) is 0 Å². The second kappa shape index (κ2) is 10.3. The van der Waals surface area contributed by atoms with Crippen LogP contribution in [0.1, 0.15) is 45.1 Å². The number of aromatic nitrogens is 3. The lowest BCUT2D eigenvalue weighted by atomic mass is 9.95. The van der Waals surface area contributed by atoms with Gasteiger partial charge in [-0.1, -0.05) is 0 Å². The lowest BCUT2D eigenvalue weighted by molar-refractivity contribution is 0.102. The van der Waals surface area contributed by atoms with Gasteiger partial charge in [-0.25, -0.2) is 9.98 Å². The Labute approximate surface area is 217 Å². The summed E-state index contributed by atoms with van der Waals surface area (Å²) in [5.74, 6) is 0.329. The Kier molecular flexibility index (Phi) is 6.98. The Balaban J connectivity index is 1.42. The van der Waals surface area contributed by atoms with Gasteiger partial charge in [0, 0.05) is 28.9 Å². The van der Waals surface area contributed by atoms with Crippen molar-refractivity contribution in [2.75, 3.05) is 5.32 Å². The molecule has 0 saturated carbocycles. The van der Waals surface area contributed by atoms with E-state index in [2.05, 4.69) is 41.2 Å². The topological polar surface area (TPSA) is 113 Å². The molecule has 0 fully saturated rings. The number of amides is 1. The van der Waals surface area contributed by atoms with Gasteiger partial charge in [0.25, 0.3) is 11.5 Å². The van der Waals surface area contributed by atoms with Crippen molar-refractivity contribution in [1.29, 1.82) is 0 Å². The molecule has 4 aromatic heterocycles. The molecule has 1 aliphatic carbocycles. The van der Waals surface area contributed by atoms with Gasteiger partial charge in [-0.15, -0.1) is 11.3 Å². The molecule has 178 valence electrons. The molecule has 4 heterocycles. The minimum Gasteiger partial charge on any atom is -0.447 e. The zero-order valence-electron chi connectivity index (χ0n) is 18.6. The summed E-state index contributed by atoms with van der Waals surface area (Å²) < 4.78 is 6.63. The van der Waals surface area contributed by atoms with Gasteiger partial charge in [0.15, 0.2) is 10.2 Å². The van der Waals surface area contributed by atoms with Crippen molar-refractivity contribution in [3.8, 4) is 0 Å². The Bertz CT molecular complexity index is 1480. The number of nitrogens with one attached hydrogen (secondary N) is 2. The molecule has 0 atom stereocenters. The van der Waals surface area contributed by atoms with Gasteiger partial charge in [0.05, 0.1) is 28.1 Å². The minimum atomic E-state index is -0.219. The number of aryl methyl sites for hydroxylation is 2. The molecule has 0 spiro atoms. The van der Waals surface area contributed by atoms with Crippen molar-refractivity contribution >= 4 is 61.8 Å². The van der Waals surface area contributed by atoms with E-state index in [0.29, 0.717) is 42.4 Å². The zero-order valence-corrected chi connectivity index (χ0v) is 21.8. The molecule has 35 heavy (non-hydrogen) atoms. The monoisotopic (exact) mass is 569 g/mol. The summed E-state index contributed by atoms with van der Waals surface area (Å²) in [5.41, 5.74) is 2.75. The van der Waals surface area contributed by atoms with Gasteiger partial charge in [-0.05, 0) is 78.0 Å². The van der Waals surface area contributed by atoms with E-state index in [1.165, 1.54) is 22.7 Å². The maximum Gasteiger partial charge on any atom is 0.259 e. The standard InChI is InChI=1S/C24H20BrN5O3S2/c1-13-9-19(31)30-24(28-13)35-23-17(25)10-15(33-23)12-27-22-20(16-6-2-3-7-18(16)34-22)21(32)29-14-5-4-8-26-11-14/h4-5,8-12H,2-3,6-7H2,1H3,(H,29,32)(H,28,30,31). The summed E-state index contributed by atoms with van der Waals surface area (Å²) in [5, 5.41) is 4.58. The van der Waals surface area contributed by atoms with E-state index in [4.69, 9.17) is 4.42 Å². The number of aromatic amines is 1. The molecule has 0 unspecified atom stereocenters. The number of halogens is 1. The molecule has 2 N–H and O–H groups in total. The van der Waals surface area contributed by atoms with Gasteiger partial charge >= 0.3 is 0 Å². The third-order valence-electron chi connectivity index (χ3n) is 5.32. The van der Waals surface area contributed by atoms with Gasteiger partial charge in [0.1, 0.15) is 10.8 Å². The van der Waals surface area contributed by atoms with Crippen molar-refractivity contribution in [2.24, 2.45) is 4.99 Å². The van der Waals surface area contributed by atoms with Crippen LogP contribution in [-0.4, -0.2) is 27.1 Å². The molecule has 11 heteroatoms. The number of aliphatic imine (C=N–C) groups is 1. The number of hydrogen-bond donors (Lipinski definition) is 2. The van der Waals surface area contributed by atoms with E-state index in [1.807, 2.05) is 6.07 Å². The summed E-state index contributed by atoms with van der Waals surface area (Å²) in [6.45, 7) is 1.76. The highest BCUT2D eigenvalue weighted by Gasteiger charge is 2.25. The van der Waals surface area contributed by atoms with Crippen molar-refractivity contribution in [2.45, 2.75) is 42.9 Å². The smallest absolute Gasteiger partial charge is 0.259 e. The number of carbonyl (C=O) groups excluding carboxylic acids is 1. The number of furan rings is 1. The minimum absolute atomic E-state index is 0.184. The number of thiophene rings is 1. The molecular formula is C24H20BrN5O3S2. The van der Waals surface area contributed by atoms with Crippen LogP contribution in [0, 0.1) is 6.92 Å². The van der Waals surface area contributed by atoms with Crippen LogP contribution in [0.25, 0.3) is 0 Å². The summed E-state index contributed by atoms with van der Waals surface area (Å²) in [7, 11) is 0. The number of hydrogen-bond acceptors (Lipinski definition) is 8. The van der Waals surface area contributed by atoms with Crippen molar-refractivity contribution in [3.05, 3.63) is 78.9 Å². The fraction of sp³-hybridized carbons (Fsp3) is 0.208. The third kappa shape index (κ3) is 5.47. The fourth-order valence-corrected chi connectivity index (χ4v) is 6.41. The lowest BCUT2D eigenvalue weighted by Crippen LogP contribution is -2.14. The van der Waals surface area contributed by atoms with E-state index < -0.39 is 0 Å². The van der Waals surface area contributed by atoms with E-state index in [0.717, 1.165) is 31.2 Å². The lowest BCUT2D eigenvalue weighted by Gasteiger charge is -2.12. The van der Waals surface area contributed by atoms with Crippen molar-refractivity contribution < 1.29 is 9.21 Å². The largest absolute Gasteiger partial charge is 0.447 e. The van der Waals surface area contributed by atoms with Gasteiger partial charge in [-0.3, -0.25) is 14.6 Å². The first kappa shape index (κ1) is 23.7. The molecule has 5 rings (SSSR count). The van der Waals surface area contributed by atoms with Crippen LogP contribution in [0.5, 0.6) is 0 Å². The number of fused-ring (bicyclic) bond motifs is 1.